The van der Waals surface area contributed by atoms with E-state index in [1.807, 2.05) is 4.90 Å². The maximum atomic E-state index is 11.3. The Kier molecular flexibility index (Phi) is 5.02. The largest absolute Gasteiger partial charge is 0.360 e. The number of thiocarbonyl (C=S) groups is 1. The smallest absolute Gasteiger partial charge is 0.219 e. The fourth-order valence-corrected chi connectivity index (χ4v) is 3.34. The lowest BCUT2D eigenvalue weighted by atomic mass is 9.86. The molecule has 1 saturated carbocycles. The third-order valence-corrected chi connectivity index (χ3v) is 4.81. The fourth-order valence-electron chi connectivity index (χ4n) is 3.01. The summed E-state index contributed by atoms with van der Waals surface area (Å²) >= 11 is 5.52. The number of nitrogens with zero attached hydrogens (tertiary/aromatic N) is 2. The van der Waals surface area contributed by atoms with E-state index < -0.39 is 0 Å². The quantitative estimate of drug-likeness (QED) is 0.742. The standard InChI is InChI=1S/C14H25N3OS/c1-11-5-3-4-6-13(11)15-14(19)17-9-7-16(8-10-17)12(2)18/h11,13H,3-10H2,1-2H3,(H,15,19)/t11-,13+/m0/s1. The molecule has 1 aliphatic heterocycles. The minimum Gasteiger partial charge on any atom is -0.360 e. The molecule has 0 spiro atoms. The molecule has 0 bridgehead atoms. The molecule has 19 heavy (non-hydrogen) atoms. The van der Waals surface area contributed by atoms with Crippen LogP contribution < -0.4 is 5.32 Å². The summed E-state index contributed by atoms with van der Waals surface area (Å²) < 4.78 is 0. The molecular formula is C14H25N3OS. The zero-order valence-corrected chi connectivity index (χ0v) is 12.8. The molecule has 1 heterocycles. The maximum absolute atomic E-state index is 11.3. The fraction of sp³-hybridized carbons (Fsp3) is 0.857. The van der Waals surface area contributed by atoms with Crippen LogP contribution in [-0.2, 0) is 4.79 Å². The van der Waals surface area contributed by atoms with Crippen molar-refractivity contribution in [2.75, 3.05) is 26.2 Å². The Labute approximate surface area is 121 Å². The van der Waals surface area contributed by atoms with E-state index in [1.165, 1.54) is 25.7 Å². The van der Waals surface area contributed by atoms with Crippen molar-refractivity contribution < 1.29 is 4.79 Å². The van der Waals surface area contributed by atoms with E-state index in [9.17, 15) is 4.79 Å². The number of hydrogen-bond acceptors (Lipinski definition) is 2. The molecule has 0 aromatic carbocycles. The molecule has 2 fully saturated rings. The highest BCUT2D eigenvalue weighted by Gasteiger charge is 2.25. The van der Waals surface area contributed by atoms with Crippen LogP contribution in [-0.4, -0.2) is 53.0 Å². The topological polar surface area (TPSA) is 35.6 Å². The normalized spacial score (nSPS) is 28.1. The van der Waals surface area contributed by atoms with Crippen molar-refractivity contribution in [2.45, 2.75) is 45.6 Å². The monoisotopic (exact) mass is 283 g/mol. The van der Waals surface area contributed by atoms with Gasteiger partial charge < -0.3 is 15.1 Å². The van der Waals surface area contributed by atoms with E-state index in [-0.39, 0.29) is 5.91 Å². The highest BCUT2D eigenvalue weighted by molar-refractivity contribution is 7.80. The first-order valence-corrected chi connectivity index (χ1v) is 7.79. The zero-order chi connectivity index (χ0) is 13.8. The summed E-state index contributed by atoms with van der Waals surface area (Å²) in [5.74, 6) is 0.879. The van der Waals surface area contributed by atoms with Crippen LogP contribution in [0.15, 0.2) is 0 Å². The third-order valence-electron chi connectivity index (χ3n) is 4.43. The molecule has 4 nitrogen and oxygen atoms in total. The average Bonchev–Trinajstić information content (AvgIpc) is 2.41. The van der Waals surface area contributed by atoms with Crippen LogP contribution in [0.25, 0.3) is 0 Å². The molecule has 2 atom stereocenters. The van der Waals surface area contributed by atoms with Gasteiger partial charge in [0.25, 0.3) is 0 Å². The molecule has 1 aliphatic carbocycles. The summed E-state index contributed by atoms with van der Waals surface area (Å²) in [5.41, 5.74) is 0. The van der Waals surface area contributed by atoms with Crippen molar-refractivity contribution in [3.8, 4) is 0 Å². The zero-order valence-electron chi connectivity index (χ0n) is 12.0. The Balaban J connectivity index is 1.79. The van der Waals surface area contributed by atoms with Gasteiger partial charge in [0.1, 0.15) is 0 Å². The number of rotatable bonds is 1. The summed E-state index contributed by atoms with van der Waals surface area (Å²) in [5, 5.41) is 4.41. The Morgan fingerprint density at radius 3 is 2.26 bits per heavy atom. The van der Waals surface area contributed by atoms with Crippen LogP contribution in [0.5, 0.6) is 0 Å². The van der Waals surface area contributed by atoms with Gasteiger partial charge in [-0.3, -0.25) is 4.79 Å². The molecule has 2 rings (SSSR count). The number of hydrogen-bond donors (Lipinski definition) is 1. The van der Waals surface area contributed by atoms with Gasteiger partial charge >= 0.3 is 0 Å². The van der Waals surface area contributed by atoms with Gasteiger partial charge in [0, 0.05) is 39.1 Å². The molecule has 1 amide bonds. The van der Waals surface area contributed by atoms with E-state index in [4.69, 9.17) is 12.2 Å². The first-order valence-electron chi connectivity index (χ1n) is 7.39. The van der Waals surface area contributed by atoms with Crippen LogP contribution in [0.2, 0.25) is 0 Å². The molecule has 0 aromatic rings. The second-order valence-corrected chi connectivity index (χ2v) is 6.20. The summed E-state index contributed by atoms with van der Waals surface area (Å²) in [6, 6.07) is 0.534. The van der Waals surface area contributed by atoms with Crippen LogP contribution in [0.4, 0.5) is 0 Å². The maximum Gasteiger partial charge on any atom is 0.219 e. The van der Waals surface area contributed by atoms with Crippen molar-refractivity contribution in [1.29, 1.82) is 0 Å². The van der Waals surface area contributed by atoms with Gasteiger partial charge in [-0.2, -0.15) is 0 Å². The Hall–Kier alpha value is -0.840. The lowest BCUT2D eigenvalue weighted by molar-refractivity contribution is -0.130. The van der Waals surface area contributed by atoms with Gasteiger partial charge in [-0.1, -0.05) is 19.8 Å². The lowest BCUT2D eigenvalue weighted by Gasteiger charge is -2.38. The first kappa shape index (κ1) is 14.6. The SMILES string of the molecule is CC(=O)N1CCN(C(=S)N[C@@H]2CCCC[C@@H]2C)CC1. The van der Waals surface area contributed by atoms with Crippen LogP contribution in [0, 0.1) is 5.92 Å². The first-order chi connectivity index (χ1) is 9.08. The van der Waals surface area contributed by atoms with E-state index in [2.05, 4.69) is 17.1 Å². The molecule has 108 valence electrons. The number of amides is 1. The van der Waals surface area contributed by atoms with E-state index in [1.54, 1.807) is 6.92 Å². The van der Waals surface area contributed by atoms with Crippen molar-refractivity contribution in [2.24, 2.45) is 5.92 Å². The van der Waals surface area contributed by atoms with Gasteiger partial charge in [0.15, 0.2) is 5.11 Å². The molecule has 0 aromatic heterocycles. The predicted molar refractivity (Wildman–Crippen MR) is 81.0 cm³/mol. The highest BCUT2D eigenvalue weighted by Crippen LogP contribution is 2.23. The molecular weight excluding hydrogens is 258 g/mol. The second kappa shape index (κ2) is 6.55. The second-order valence-electron chi connectivity index (χ2n) is 5.81. The summed E-state index contributed by atoms with van der Waals surface area (Å²) in [7, 11) is 0. The number of nitrogens with one attached hydrogen (secondary N) is 1. The molecule has 5 heteroatoms. The molecule has 1 saturated heterocycles. The molecule has 0 unspecified atom stereocenters. The minimum atomic E-state index is 0.166. The lowest BCUT2D eigenvalue weighted by Crippen LogP contribution is -2.55. The third kappa shape index (κ3) is 3.81. The number of piperazine rings is 1. The summed E-state index contributed by atoms with van der Waals surface area (Å²) in [6.45, 7) is 7.23. The van der Waals surface area contributed by atoms with Gasteiger partial charge in [-0.05, 0) is 31.0 Å². The summed E-state index contributed by atoms with van der Waals surface area (Å²) in [6.07, 6.45) is 5.19. The molecule has 1 N–H and O–H groups in total. The Morgan fingerprint density at radius 2 is 1.68 bits per heavy atom. The van der Waals surface area contributed by atoms with E-state index in [0.29, 0.717) is 12.0 Å². The van der Waals surface area contributed by atoms with Crippen molar-refractivity contribution in [3.05, 3.63) is 0 Å². The highest BCUT2D eigenvalue weighted by atomic mass is 32.1. The summed E-state index contributed by atoms with van der Waals surface area (Å²) in [4.78, 5) is 15.4. The van der Waals surface area contributed by atoms with Crippen LogP contribution >= 0.6 is 12.2 Å². The average molecular weight is 283 g/mol. The molecule has 0 radical (unpaired) electrons. The van der Waals surface area contributed by atoms with Crippen molar-refractivity contribution in [1.82, 2.24) is 15.1 Å². The van der Waals surface area contributed by atoms with Crippen LogP contribution in [0.3, 0.4) is 0 Å². The Bertz CT molecular complexity index is 340. The van der Waals surface area contributed by atoms with Gasteiger partial charge in [-0.15, -0.1) is 0 Å². The Morgan fingerprint density at radius 1 is 1.11 bits per heavy atom. The van der Waals surface area contributed by atoms with Crippen LogP contribution in [0.1, 0.15) is 39.5 Å². The molecule has 2 aliphatic rings. The van der Waals surface area contributed by atoms with Gasteiger partial charge in [0.2, 0.25) is 5.91 Å². The van der Waals surface area contributed by atoms with Crippen molar-refractivity contribution >= 4 is 23.2 Å². The van der Waals surface area contributed by atoms with Gasteiger partial charge in [-0.25, -0.2) is 0 Å². The minimum absolute atomic E-state index is 0.166. The van der Waals surface area contributed by atoms with E-state index >= 15 is 0 Å². The number of carbonyl (C=O) groups excluding carboxylic acids is 1. The predicted octanol–water partition coefficient (Wildman–Crippen LogP) is 1.60. The van der Waals surface area contributed by atoms with Crippen molar-refractivity contribution in [3.63, 3.8) is 0 Å². The van der Waals surface area contributed by atoms with E-state index in [0.717, 1.165) is 31.3 Å². The number of carbonyl (C=O) groups is 1. The van der Waals surface area contributed by atoms with Gasteiger partial charge in [0.05, 0.1) is 0 Å².